The molecular formula is C25H33N3O6. The number of benzene rings is 1. The number of rotatable bonds is 5. The van der Waals surface area contributed by atoms with Gasteiger partial charge in [0.25, 0.3) is 5.91 Å². The van der Waals surface area contributed by atoms with Gasteiger partial charge in [0.05, 0.1) is 0 Å². The number of amides is 3. The second-order valence-electron chi connectivity index (χ2n) is 10.5. The lowest BCUT2D eigenvalue weighted by molar-refractivity contribution is -0.159. The molecule has 2 N–H and O–H groups in total. The highest BCUT2D eigenvalue weighted by molar-refractivity contribution is 5.99. The number of allylic oxidation sites excluding steroid dienone is 1. The summed E-state index contributed by atoms with van der Waals surface area (Å²) in [6.07, 6.45) is 0.617. The van der Waals surface area contributed by atoms with Crippen molar-refractivity contribution in [1.29, 1.82) is 0 Å². The molecule has 9 heteroatoms. The van der Waals surface area contributed by atoms with Gasteiger partial charge in [0.2, 0.25) is 5.91 Å². The molecule has 0 aromatic heterocycles. The molecule has 0 radical (unpaired) electrons. The minimum atomic E-state index is -1.08. The second kappa shape index (κ2) is 9.48. The summed E-state index contributed by atoms with van der Waals surface area (Å²) in [7, 11) is 0. The second-order valence-corrected chi connectivity index (χ2v) is 10.5. The van der Waals surface area contributed by atoms with E-state index < -0.39 is 35.2 Å². The van der Waals surface area contributed by atoms with E-state index in [0.29, 0.717) is 30.5 Å². The predicted octanol–water partition coefficient (Wildman–Crippen LogP) is 3.32. The molecule has 1 aromatic carbocycles. The Kier molecular flexibility index (Phi) is 7.05. The number of carbonyl (C=O) groups excluding carboxylic acids is 4. The van der Waals surface area contributed by atoms with Crippen LogP contribution in [0.1, 0.15) is 72.4 Å². The standard InChI is InChI=1S/C25H33N3O6/c1-24(2,3)33-22(31)20-17(13-12-16-14-18(29)28(16)20)26-21(30)19(15-10-8-7-9-11-15)27-23(32)34-25(4,5)6/h7-11,16,19H,12-14H2,1-6H3,(H,26,30)(H,27,32)/t16?,19-/m1/s1. The molecule has 2 heterocycles. The van der Waals surface area contributed by atoms with Crippen molar-refractivity contribution < 1.29 is 28.7 Å². The van der Waals surface area contributed by atoms with Crippen molar-refractivity contribution in [3.05, 3.63) is 47.3 Å². The van der Waals surface area contributed by atoms with E-state index >= 15 is 0 Å². The molecule has 1 saturated heterocycles. The molecule has 184 valence electrons. The summed E-state index contributed by atoms with van der Waals surface area (Å²) in [6, 6.07) is 7.56. The van der Waals surface area contributed by atoms with E-state index in [1.807, 2.05) is 0 Å². The van der Waals surface area contributed by atoms with E-state index in [2.05, 4.69) is 10.6 Å². The summed E-state index contributed by atoms with van der Waals surface area (Å²) in [5, 5.41) is 5.40. The van der Waals surface area contributed by atoms with Crippen LogP contribution in [-0.2, 0) is 23.9 Å². The zero-order valence-corrected chi connectivity index (χ0v) is 20.6. The zero-order valence-electron chi connectivity index (χ0n) is 20.6. The van der Waals surface area contributed by atoms with Gasteiger partial charge in [-0.3, -0.25) is 9.59 Å². The van der Waals surface area contributed by atoms with Crippen molar-refractivity contribution in [2.45, 2.75) is 84.1 Å². The molecule has 2 aliphatic heterocycles. The Hall–Kier alpha value is -3.36. The number of esters is 1. The van der Waals surface area contributed by atoms with Gasteiger partial charge >= 0.3 is 12.1 Å². The Morgan fingerprint density at radius 1 is 1.00 bits per heavy atom. The smallest absolute Gasteiger partial charge is 0.408 e. The van der Waals surface area contributed by atoms with E-state index in [9.17, 15) is 19.2 Å². The molecule has 9 nitrogen and oxygen atoms in total. The fraction of sp³-hybridized carbons (Fsp3) is 0.520. The number of nitrogens with one attached hydrogen (secondary N) is 2. The number of fused-ring (bicyclic) bond motifs is 1. The topological polar surface area (TPSA) is 114 Å². The van der Waals surface area contributed by atoms with Gasteiger partial charge < -0.3 is 25.0 Å². The highest BCUT2D eigenvalue weighted by Crippen LogP contribution is 2.36. The fourth-order valence-electron chi connectivity index (χ4n) is 3.86. The van der Waals surface area contributed by atoms with Crippen LogP contribution >= 0.6 is 0 Å². The summed E-state index contributed by atoms with van der Waals surface area (Å²) in [4.78, 5) is 52.6. The lowest BCUT2D eigenvalue weighted by Gasteiger charge is -2.45. The SMILES string of the molecule is CC(C)(C)OC(=O)N[C@@H](C(=O)NC1=C(C(=O)OC(C)(C)C)N2C(=O)CC2CC1)c1ccccc1. The predicted molar refractivity (Wildman–Crippen MR) is 124 cm³/mol. The van der Waals surface area contributed by atoms with E-state index in [4.69, 9.17) is 9.47 Å². The normalized spacial score (nSPS) is 18.9. The van der Waals surface area contributed by atoms with Gasteiger partial charge in [-0.05, 0) is 59.9 Å². The molecule has 3 amide bonds. The maximum Gasteiger partial charge on any atom is 0.408 e. The van der Waals surface area contributed by atoms with Gasteiger partial charge in [0.1, 0.15) is 22.9 Å². The lowest BCUT2D eigenvalue weighted by atomic mass is 9.89. The van der Waals surface area contributed by atoms with E-state index in [-0.39, 0.29) is 17.6 Å². The first kappa shape index (κ1) is 25.3. The molecule has 0 saturated carbocycles. The molecule has 0 aliphatic carbocycles. The van der Waals surface area contributed by atoms with Crippen LogP contribution in [0.25, 0.3) is 0 Å². The fourth-order valence-corrected chi connectivity index (χ4v) is 3.86. The summed E-state index contributed by atoms with van der Waals surface area (Å²) in [5.41, 5.74) is -0.621. The minimum Gasteiger partial charge on any atom is -0.455 e. The van der Waals surface area contributed by atoms with Crippen molar-refractivity contribution in [2.75, 3.05) is 0 Å². The van der Waals surface area contributed by atoms with Crippen LogP contribution < -0.4 is 10.6 Å². The number of β-lactam (4-membered cyclic amide) rings is 1. The Morgan fingerprint density at radius 3 is 2.18 bits per heavy atom. The molecule has 2 aliphatic rings. The summed E-state index contributed by atoms with van der Waals surface area (Å²) >= 11 is 0. The van der Waals surface area contributed by atoms with Gasteiger partial charge in [0, 0.05) is 18.2 Å². The average molecular weight is 472 g/mol. The van der Waals surface area contributed by atoms with Gasteiger partial charge in [-0.1, -0.05) is 30.3 Å². The first-order valence-corrected chi connectivity index (χ1v) is 11.4. The van der Waals surface area contributed by atoms with Gasteiger partial charge in [0.15, 0.2) is 0 Å². The number of hydrogen-bond acceptors (Lipinski definition) is 6. The first-order valence-electron chi connectivity index (χ1n) is 11.4. The van der Waals surface area contributed by atoms with Crippen molar-refractivity contribution in [1.82, 2.24) is 15.5 Å². The summed E-state index contributed by atoms with van der Waals surface area (Å²) in [5.74, 6) is -1.42. The van der Waals surface area contributed by atoms with Gasteiger partial charge in [-0.2, -0.15) is 0 Å². The van der Waals surface area contributed by atoms with Gasteiger partial charge in [-0.15, -0.1) is 0 Å². The molecule has 3 rings (SSSR count). The highest BCUT2D eigenvalue weighted by atomic mass is 16.6. The molecule has 34 heavy (non-hydrogen) atoms. The van der Waals surface area contributed by atoms with Crippen molar-refractivity contribution >= 4 is 23.9 Å². The maximum atomic E-state index is 13.4. The third-order valence-corrected chi connectivity index (χ3v) is 5.22. The number of hydrogen-bond donors (Lipinski definition) is 2. The van der Waals surface area contributed by atoms with Crippen LogP contribution in [0.2, 0.25) is 0 Å². The number of ether oxygens (including phenoxy) is 2. The molecule has 0 bridgehead atoms. The van der Waals surface area contributed by atoms with Crippen molar-refractivity contribution in [3.63, 3.8) is 0 Å². The number of alkyl carbamates (subject to hydrolysis) is 1. The zero-order chi connectivity index (χ0) is 25.3. The highest BCUT2D eigenvalue weighted by Gasteiger charge is 2.46. The summed E-state index contributed by atoms with van der Waals surface area (Å²) in [6.45, 7) is 10.4. The lowest BCUT2D eigenvalue weighted by Crippen LogP contribution is -2.57. The number of nitrogens with zero attached hydrogens (tertiary/aromatic N) is 1. The summed E-state index contributed by atoms with van der Waals surface area (Å²) < 4.78 is 10.9. The van der Waals surface area contributed by atoms with Crippen LogP contribution in [0.4, 0.5) is 4.79 Å². The van der Waals surface area contributed by atoms with Crippen LogP contribution in [0.15, 0.2) is 41.7 Å². The molecule has 1 fully saturated rings. The molecular weight excluding hydrogens is 438 g/mol. The van der Waals surface area contributed by atoms with Crippen molar-refractivity contribution in [2.24, 2.45) is 0 Å². The largest absolute Gasteiger partial charge is 0.455 e. The van der Waals surface area contributed by atoms with E-state index in [1.54, 1.807) is 71.9 Å². The van der Waals surface area contributed by atoms with E-state index in [1.165, 1.54) is 4.90 Å². The average Bonchev–Trinajstić information content (AvgIpc) is 2.70. The van der Waals surface area contributed by atoms with E-state index in [0.717, 1.165) is 0 Å². The monoisotopic (exact) mass is 471 g/mol. The minimum absolute atomic E-state index is 0.0554. The Morgan fingerprint density at radius 2 is 1.62 bits per heavy atom. The maximum absolute atomic E-state index is 13.4. The molecule has 0 spiro atoms. The number of carbonyl (C=O) groups is 4. The molecule has 1 unspecified atom stereocenters. The first-order chi connectivity index (χ1) is 15.7. The third kappa shape index (κ3) is 6.15. The van der Waals surface area contributed by atoms with Crippen LogP contribution in [0.5, 0.6) is 0 Å². The third-order valence-electron chi connectivity index (χ3n) is 5.22. The quantitative estimate of drug-likeness (QED) is 0.503. The van der Waals surface area contributed by atoms with Crippen LogP contribution in [-0.4, -0.2) is 46.0 Å². The Bertz CT molecular complexity index is 1000. The van der Waals surface area contributed by atoms with Crippen molar-refractivity contribution in [3.8, 4) is 0 Å². The van der Waals surface area contributed by atoms with Crippen LogP contribution in [0.3, 0.4) is 0 Å². The molecule has 2 atom stereocenters. The molecule has 1 aromatic rings. The Balaban J connectivity index is 1.91. The van der Waals surface area contributed by atoms with Gasteiger partial charge in [-0.25, -0.2) is 9.59 Å². The Labute approximate surface area is 199 Å². The van der Waals surface area contributed by atoms with Crippen LogP contribution in [0, 0.1) is 0 Å².